The third kappa shape index (κ3) is 3.71. The number of amides is 2. The summed E-state index contributed by atoms with van der Waals surface area (Å²) in [6.45, 7) is 0. The standard InChI is InChI=1S/C24H24N4O3/c29-21(14-17-13-15-10-11-16(17)12-15)25-26-23(30)22-19-8-4-5-9-20(19)24(31)28(27-22)18-6-2-1-3-7-18/h1-9,15-17H,10-14H2,(H,25,29)(H,26,30)/t15-,16+,17+/m0/s1. The van der Waals surface area contributed by atoms with Gasteiger partial charge in [-0.1, -0.05) is 42.8 Å². The van der Waals surface area contributed by atoms with E-state index in [1.165, 1.54) is 23.9 Å². The lowest BCUT2D eigenvalue weighted by Crippen LogP contribution is -2.43. The summed E-state index contributed by atoms with van der Waals surface area (Å²) in [4.78, 5) is 38.3. The van der Waals surface area contributed by atoms with Crippen molar-refractivity contribution < 1.29 is 9.59 Å². The summed E-state index contributed by atoms with van der Waals surface area (Å²) in [6, 6.07) is 15.8. The van der Waals surface area contributed by atoms with Gasteiger partial charge in [-0.25, -0.2) is 0 Å². The van der Waals surface area contributed by atoms with Gasteiger partial charge in [-0.2, -0.15) is 9.78 Å². The van der Waals surface area contributed by atoms with Gasteiger partial charge in [-0.3, -0.25) is 25.2 Å². The molecular weight excluding hydrogens is 392 g/mol. The average Bonchev–Trinajstić information content (AvgIpc) is 3.42. The minimum atomic E-state index is -0.554. The minimum Gasteiger partial charge on any atom is -0.273 e. The summed E-state index contributed by atoms with van der Waals surface area (Å²) in [5.41, 5.74) is 5.37. The highest BCUT2D eigenvalue weighted by molar-refractivity contribution is 6.05. The number of para-hydroxylation sites is 1. The molecule has 2 N–H and O–H groups in total. The Labute approximate surface area is 179 Å². The normalized spacial score (nSPS) is 21.9. The van der Waals surface area contributed by atoms with E-state index in [2.05, 4.69) is 16.0 Å². The highest BCUT2D eigenvalue weighted by Crippen LogP contribution is 2.49. The SMILES string of the molecule is O=C(C[C@H]1C[C@H]2CC[C@@H]1C2)NNC(=O)c1nn(-c2ccccc2)c(=O)c2ccccc12. The van der Waals surface area contributed by atoms with Gasteiger partial charge in [-0.05, 0) is 55.2 Å². The molecule has 3 atom stereocenters. The third-order valence-electron chi connectivity index (χ3n) is 6.67. The molecule has 3 aromatic rings. The van der Waals surface area contributed by atoms with Crippen molar-refractivity contribution >= 4 is 22.6 Å². The number of carbonyl (C=O) groups excluding carboxylic acids is 2. The molecule has 0 spiro atoms. The van der Waals surface area contributed by atoms with E-state index in [1.54, 1.807) is 48.5 Å². The molecule has 7 nitrogen and oxygen atoms in total. The Bertz CT molecular complexity index is 1200. The second-order valence-electron chi connectivity index (χ2n) is 8.59. The molecule has 2 saturated carbocycles. The van der Waals surface area contributed by atoms with Crippen LogP contribution in [0.2, 0.25) is 0 Å². The fourth-order valence-electron chi connectivity index (χ4n) is 5.20. The molecule has 0 unspecified atom stereocenters. The van der Waals surface area contributed by atoms with Crippen molar-refractivity contribution in [2.45, 2.75) is 32.1 Å². The van der Waals surface area contributed by atoms with Gasteiger partial charge < -0.3 is 0 Å². The molecular formula is C24H24N4O3. The Morgan fingerprint density at radius 1 is 0.935 bits per heavy atom. The molecule has 1 heterocycles. The smallest absolute Gasteiger partial charge is 0.273 e. The molecule has 2 aromatic carbocycles. The predicted octanol–water partition coefficient (Wildman–Crippen LogP) is 2.97. The first kappa shape index (κ1) is 19.5. The highest BCUT2D eigenvalue weighted by Gasteiger charge is 2.40. The Morgan fingerprint density at radius 3 is 2.39 bits per heavy atom. The van der Waals surface area contributed by atoms with E-state index >= 15 is 0 Å². The molecule has 2 aliphatic rings. The summed E-state index contributed by atoms with van der Waals surface area (Å²) in [5, 5.41) is 5.16. The lowest BCUT2D eigenvalue weighted by molar-refractivity contribution is -0.123. The van der Waals surface area contributed by atoms with Gasteiger partial charge >= 0.3 is 0 Å². The number of fused-ring (bicyclic) bond motifs is 3. The topological polar surface area (TPSA) is 93.1 Å². The summed E-state index contributed by atoms with van der Waals surface area (Å²) in [5.74, 6) is 1.09. The number of hydrogen-bond acceptors (Lipinski definition) is 4. The number of benzene rings is 2. The van der Waals surface area contributed by atoms with Gasteiger partial charge in [0, 0.05) is 11.8 Å². The molecule has 2 aliphatic carbocycles. The molecule has 1 aromatic heterocycles. The fourth-order valence-corrected chi connectivity index (χ4v) is 5.20. The number of aromatic nitrogens is 2. The van der Waals surface area contributed by atoms with Crippen LogP contribution >= 0.6 is 0 Å². The summed E-state index contributed by atoms with van der Waals surface area (Å²) >= 11 is 0. The van der Waals surface area contributed by atoms with Crippen LogP contribution < -0.4 is 16.4 Å². The molecule has 7 heteroatoms. The van der Waals surface area contributed by atoms with Gasteiger partial charge in [-0.15, -0.1) is 0 Å². The van der Waals surface area contributed by atoms with Crippen LogP contribution in [0.1, 0.15) is 42.6 Å². The Kier molecular flexibility index (Phi) is 5.02. The number of nitrogens with zero attached hydrogens (tertiary/aromatic N) is 2. The number of hydrogen-bond donors (Lipinski definition) is 2. The van der Waals surface area contributed by atoms with Gasteiger partial charge in [0.05, 0.1) is 11.1 Å². The van der Waals surface area contributed by atoms with E-state index in [0.29, 0.717) is 34.7 Å². The molecule has 5 rings (SSSR count). The molecule has 2 bridgehead atoms. The highest BCUT2D eigenvalue weighted by atomic mass is 16.2. The van der Waals surface area contributed by atoms with E-state index in [1.807, 2.05) is 6.07 Å². The van der Waals surface area contributed by atoms with E-state index in [4.69, 9.17) is 0 Å². The van der Waals surface area contributed by atoms with Gasteiger partial charge in [0.25, 0.3) is 11.5 Å². The van der Waals surface area contributed by atoms with Crippen molar-refractivity contribution in [3.8, 4) is 5.69 Å². The van der Waals surface area contributed by atoms with Gasteiger partial charge in [0.1, 0.15) is 0 Å². The van der Waals surface area contributed by atoms with Crippen molar-refractivity contribution in [2.24, 2.45) is 17.8 Å². The first-order valence-electron chi connectivity index (χ1n) is 10.8. The van der Waals surface area contributed by atoms with Crippen molar-refractivity contribution in [2.75, 3.05) is 0 Å². The number of rotatable bonds is 4. The first-order valence-corrected chi connectivity index (χ1v) is 10.8. The number of carbonyl (C=O) groups is 2. The van der Waals surface area contributed by atoms with Crippen LogP contribution in [0.5, 0.6) is 0 Å². The second kappa shape index (κ2) is 7.98. The largest absolute Gasteiger partial charge is 0.290 e. The van der Waals surface area contributed by atoms with Gasteiger partial charge in [0.2, 0.25) is 5.91 Å². The van der Waals surface area contributed by atoms with Crippen LogP contribution in [-0.4, -0.2) is 21.6 Å². The monoisotopic (exact) mass is 416 g/mol. The molecule has 2 amide bonds. The Balaban J connectivity index is 1.37. The summed E-state index contributed by atoms with van der Waals surface area (Å²) in [7, 11) is 0. The predicted molar refractivity (Wildman–Crippen MR) is 117 cm³/mol. The molecule has 0 radical (unpaired) electrons. The van der Waals surface area contributed by atoms with Crippen LogP contribution in [0.3, 0.4) is 0 Å². The van der Waals surface area contributed by atoms with Crippen molar-refractivity contribution in [3.05, 3.63) is 70.6 Å². The van der Waals surface area contributed by atoms with Crippen LogP contribution in [0.4, 0.5) is 0 Å². The average molecular weight is 416 g/mol. The maximum atomic E-state index is 12.9. The lowest BCUT2D eigenvalue weighted by atomic mass is 9.86. The number of nitrogens with one attached hydrogen (secondary N) is 2. The molecule has 158 valence electrons. The Morgan fingerprint density at radius 2 is 1.68 bits per heavy atom. The minimum absolute atomic E-state index is 0.0827. The van der Waals surface area contributed by atoms with Crippen molar-refractivity contribution in [3.63, 3.8) is 0 Å². The van der Waals surface area contributed by atoms with E-state index in [0.717, 1.165) is 12.3 Å². The first-order chi connectivity index (χ1) is 15.1. The zero-order chi connectivity index (χ0) is 21.4. The zero-order valence-electron chi connectivity index (χ0n) is 17.1. The van der Waals surface area contributed by atoms with Crippen molar-refractivity contribution in [1.82, 2.24) is 20.6 Å². The molecule has 31 heavy (non-hydrogen) atoms. The van der Waals surface area contributed by atoms with Crippen LogP contribution in [0.15, 0.2) is 59.4 Å². The quantitative estimate of drug-likeness (QED) is 0.640. The second-order valence-corrected chi connectivity index (χ2v) is 8.59. The van der Waals surface area contributed by atoms with Crippen LogP contribution in [-0.2, 0) is 4.79 Å². The third-order valence-corrected chi connectivity index (χ3v) is 6.67. The summed E-state index contributed by atoms with van der Waals surface area (Å²) < 4.78 is 1.22. The fraction of sp³-hybridized carbons (Fsp3) is 0.333. The maximum absolute atomic E-state index is 12.9. The summed E-state index contributed by atoms with van der Waals surface area (Å²) in [6.07, 6.45) is 5.28. The van der Waals surface area contributed by atoms with Crippen LogP contribution in [0, 0.1) is 17.8 Å². The van der Waals surface area contributed by atoms with Crippen molar-refractivity contribution in [1.29, 1.82) is 0 Å². The van der Waals surface area contributed by atoms with E-state index in [9.17, 15) is 14.4 Å². The molecule has 2 fully saturated rings. The van der Waals surface area contributed by atoms with Gasteiger partial charge in [0.15, 0.2) is 5.69 Å². The molecule has 0 aliphatic heterocycles. The zero-order valence-corrected chi connectivity index (χ0v) is 17.1. The maximum Gasteiger partial charge on any atom is 0.290 e. The Hall–Kier alpha value is -3.48. The van der Waals surface area contributed by atoms with Crippen LogP contribution in [0.25, 0.3) is 16.5 Å². The van der Waals surface area contributed by atoms with E-state index in [-0.39, 0.29) is 17.2 Å². The molecule has 0 saturated heterocycles. The lowest BCUT2D eigenvalue weighted by Gasteiger charge is -2.21. The van der Waals surface area contributed by atoms with E-state index < -0.39 is 5.91 Å². The number of hydrazine groups is 1.